The Labute approximate surface area is 185 Å². The lowest BCUT2D eigenvalue weighted by Crippen LogP contribution is -2.41. The van der Waals surface area contributed by atoms with E-state index in [1.165, 1.54) is 23.9 Å². The first-order valence-corrected chi connectivity index (χ1v) is 11.5. The van der Waals surface area contributed by atoms with E-state index in [-0.39, 0.29) is 23.0 Å². The van der Waals surface area contributed by atoms with Crippen molar-refractivity contribution in [3.8, 4) is 0 Å². The lowest BCUT2D eigenvalue weighted by Gasteiger charge is -2.27. The fourth-order valence-electron chi connectivity index (χ4n) is 3.88. The normalized spacial score (nSPS) is 19.6. The molecule has 2 aliphatic heterocycles. The predicted octanol–water partition coefficient (Wildman–Crippen LogP) is 2.97. The standard InChI is InChI=1S/C23H26FN3O3S/c1-16-14-18(22(29)25-8-9-26-10-12-30-13-11-26)4-7-20(16)27-21(28)15-31-23(27)17-2-5-19(24)6-3-17/h2-7,14,23H,8-13,15H2,1H3,(H,25,29). The van der Waals surface area contributed by atoms with Crippen molar-refractivity contribution in [1.82, 2.24) is 10.2 Å². The first-order valence-electron chi connectivity index (χ1n) is 10.4. The molecule has 8 heteroatoms. The molecule has 0 saturated carbocycles. The van der Waals surface area contributed by atoms with Crippen molar-refractivity contribution in [2.45, 2.75) is 12.3 Å². The lowest BCUT2D eigenvalue weighted by molar-refractivity contribution is -0.115. The van der Waals surface area contributed by atoms with Crippen LogP contribution in [0, 0.1) is 12.7 Å². The topological polar surface area (TPSA) is 61.9 Å². The van der Waals surface area contributed by atoms with E-state index >= 15 is 0 Å². The van der Waals surface area contributed by atoms with Crippen molar-refractivity contribution in [2.24, 2.45) is 0 Å². The van der Waals surface area contributed by atoms with Crippen LogP contribution in [0.15, 0.2) is 42.5 Å². The SMILES string of the molecule is Cc1cc(C(=O)NCCN2CCOCC2)ccc1N1C(=O)CSC1c1ccc(F)cc1. The summed E-state index contributed by atoms with van der Waals surface area (Å²) in [4.78, 5) is 29.2. The molecular formula is C23H26FN3O3S. The molecule has 1 N–H and O–H groups in total. The Morgan fingerprint density at radius 3 is 2.65 bits per heavy atom. The van der Waals surface area contributed by atoms with Gasteiger partial charge in [0, 0.05) is 37.4 Å². The van der Waals surface area contributed by atoms with Crippen LogP contribution in [0.4, 0.5) is 10.1 Å². The van der Waals surface area contributed by atoms with Gasteiger partial charge in [0.05, 0.1) is 19.0 Å². The number of morpholine rings is 1. The highest BCUT2D eigenvalue weighted by molar-refractivity contribution is 8.00. The fraction of sp³-hybridized carbons (Fsp3) is 0.391. The van der Waals surface area contributed by atoms with Crippen LogP contribution in [-0.2, 0) is 9.53 Å². The highest BCUT2D eigenvalue weighted by atomic mass is 32.2. The minimum Gasteiger partial charge on any atom is -0.379 e. The summed E-state index contributed by atoms with van der Waals surface area (Å²) < 4.78 is 18.7. The number of aryl methyl sites for hydroxylation is 1. The van der Waals surface area contributed by atoms with E-state index in [2.05, 4.69) is 10.2 Å². The average molecular weight is 444 g/mol. The van der Waals surface area contributed by atoms with E-state index in [0.29, 0.717) is 17.9 Å². The van der Waals surface area contributed by atoms with Crippen molar-refractivity contribution in [3.63, 3.8) is 0 Å². The van der Waals surface area contributed by atoms with E-state index in [0.717, 1.165) is 49.7 Å². The number of carbonyl (C=O) groups excluding carboxylic acids is 2. The zero-order valence-electron chi connectivity index (χ0n) is 17.5. The molecule has 2 amide bonds. The summed E-state index contributed by atoms with van der Waals surface area (Å²) in [6.07, 6.45) is 0. The maximum atomic E-state index is 13.3. The van der Waals surface area contributed by atoms with Gasteiger partial charge in [-0.1, -0.05) is 12.1 Å². The molecule has 1 atom stereocenters. The predicted molar refractivity (Wildman–Crippen MR) is 120 cm³/mol. The van der Waals surface area contributed by atoms with Gasteiger partial charge in [-0.05, 0) is 48.4 Å². The Balaban J connectivity index is 1.44. The number of hydrogen-bond donors (Lipinski definition) is 1. The van der Waals surface area contributed by atoms with Gasteiger partial charge >= 0.3 is 0 Å². The van der Waals surface area contributed by atoms with Gasteiger partial charge in [-0.15, -0.1) is 11.8 Å². The molecule has 0 spiro atoms. The highest BCUT2D eigenvalue weighted by Crippen LogP contribution is 2.42. The molecule has 2 aliphatic rings. The van der Waals surface area contributed by atoms with Gasteiger partial charge < -0.3 is 10.1 Å². The molecule has 4 rings (SSSR count). The van der Waals surface area contributed by atoms with Crippen LogP contribution in [0.1, 0.15) is 26.9 Å². The maximum Gasteiger partial charge on any atom is 0.251 e. The number of halogens is 1. The van der Waals surface area contributed by atoms with E-state index in [4.69, 9.17) is 4.74 Å². The summed E-state index contributed by atoms with van der Waals surface area (Å²) in [6.45, 7) is 6.53. The molecule has 0 aliphatic carbocycles. The monoisotopic (exact) mass is 443 g/mol. The summed E-state index contributed by atoms with van der Waals surface area (Å²) in [7, 11) is 0. The van der Waals surface area contributed by atoms with E-state index in [1.54, 1.807) is 23.1 Å². The molecule has 0 radical (unpaired) electrons. The number of benzene rings is 2. The van der Waals surface area contributed by atoms with Crippen molar-refractivity contribution >= 4 is 29.3 Å². The van der Waals surface area contributed by atoms with Crippen LogP contribution < -0.4 is 10.2 Å². The molecule has 2 aromatic rings. The molecule has 2 heterocycles. The van der Waals surface area contributed by atoms with E-state index in [9.17, 15) is 14.0 Å². The smallest absolute Gasteiger partial charge is 0.251 e. The zero-order chi connectivity index (χ0) is 21.8. The zero-order valence-corrected chi connectivity index (χ0v) is 18.3. The number of nitrogens with one attached hydrogen (secondary N) is 1. The van der Waals surface area contributed by atoms with Crippen molar-refractivity contribution < 1.29 is 18.7 Å². The second-order valence-corrected chi connectivity index (χ2v) is 8.76. The van der Waals surface area contributed by atoms with Gasteiger partial charge in [0.25, 0.3) is 5.91 Å². The van der Waals surface area contributed by atoms with Crippen molar-refractivity contribution in [2.75, 3.05) is 50.0 Å². The molecule has 1 unspecified atom stereocenters. The van der Waals surface area contributed by atoms with Crippen LogP contribution in [0.2, 0.25) is 0 Å². The summed E-state index contributed by atoms with van der Waals surface area (Å²) in [5.41, 5.74) is 3.07. The summed E-state index contributed by atoms with van der Waals surface area (Å²) in [6, 6.07) is 11.6. The first kappa shape index (κ1) is 21.8. The molecule has 6 nitrogen and oxygen atoms in total. The van der Waals surface area contributed by atoms with Crippen LogP contribution in [-0.4, -0.2) is 61.9 Å². The number of ether oxygens (including phenoxy) is 1. The van der Waals surface area contributed by atoms with Crippen LogP contribution >= 0.6 is 11.8 Å². The third kappa shape index (κ3) is 5.08. The molecular weight excluding hydrogens is 417 g/mol. The number of nitrogens with zero attached hydrogens (tertiary/aromatic N) is 2. The van der Waals surface area contributed by atoms with Gasteiger partial charge in [0.1, 0.15) is 11.2 Å². The molecule has 0 bridgehead atoms. The van der Waals surface area contributed by atoms with Gasteiger partial charge in [-0.2, -0.15) is 0 Å². The van der Waals surface area contributed by atoms with Gasteiger partial charge in [-0.3, -0.25) is 19.4 Å². The summed E-state index contributed by atoms with van der Waals surface area (Å²) in [5, 5.41) is 2.76. The van der Waals surface area contributed by atoms with E-state index < -0.39 is 0 Å². The molecule has 2 fully saturated rings. The third-order valence-corrected chi connectivity index (χ3v) is 6.77. The van der Waals surface area contributed by atoms with Crippen LogP contribution in [0.3, 0.4) is 0 Å². The third-order valence-electron chi connectivity index (χ3n) is 5.56. The largest absolute Gasteiger partial charge is 0.379 e. The Morgan fingerprint density at radius 1 is 1.19 bits per heavy atom. The fourth-order valence-corrected chi connectivity index (χ4v) is 5.05. The first-order chi connectivity index (χ1) is 15.0. The van der Waals surface area contributed by atoms with Gasteiger partial charge in [0.15, 0.2) is 0 Å². The Hall–Kier alpha value is -2.42. The molecule has 31 heavy (non-hydrogen) atoms. The highest BCUT2D eigenvalue weighted by Gasteiger charge is 2.34. The molecule has 0 aromatic heterocycles. The number of carbonyl (C=O) groups is 2. The van der Waals surface area contributed by atoms with Crippen molar-refractivity contribution in [1.29, 1.82) is 0 Å². The van der Waals surface area contributed by atoms with E-state index in [1.807, 2.05) is 19.1 Å². The Kier molecular flexibility index (Phi) is 6.89. The average Bonchev–Trinajstić information content (AvgIpc) is 3.16. The number of thioether (sulfide) groups is 1. The number of amides is 2. The number of hydrogen-bond acceptors (Lipinski definition) is 5. The van der Waals surface area contributed by atoms with Gasteiger partial charge in [0.2, 0.25) is 5.91 Å². The maximum absolute atomic E-state index is 13.3. The number of anilines is 1. The number of rotatable bonds is 6. The molecule has 164 valence electrons. The molecule has 2 aromatic carbocycles. The Morgan fingerprint density at radius 2 is 1.94 bits per heavy atom. The van der Waals surface area contributed by atoms with Crippen molar-refractivity contribution in [3.05, 3.63) is 65.0 Å². The Bertz CT molecular complexity index is 948. The quantitative estimate of drug-likeness (QED) is 0.744. The molecule has 2 saturated heterocycles. The van der Waals surface area contributed by atoms with Crippen LogP contribution in [0.5, 0.6) is 0 Å². The van der Waals surface area contributed by atoms with Crippen LogP contribution in [0.25, 0.3) is 0 Å². The minimum absolute atomic E-state index is 0.00476. The lowest BCUT2D eigenvalue weighted by atomic mass is 10.1. The second-order valence-electron chi connectivity index (χ2n) is 7.69. The minimum atomic E-state index is -0.301. The summed E-state index contributed by atoms with van der Waals surface area (Å²) in [5.74, 6) is -0.0549. The summed E-state index contributed by atoms with van der Waals surface area (Å²) >= 11 is 1.52. The van der Waals surface area contributed by atoms with Gasteiger partial charge in [-0.25, -0.2) is 4.39 Å². The second kappa shape index (κ2) is 9.80.